The first-order chi connectivity index (χ1) is 10.9. The molecule has 4 nitrogen and oxygen atoms in total. The number of benzene rings is 2. The van der Waals surface area contributed by atoms with Crippen molar-refractivity contribution in [3.63, 3.8) is 0 Å². The lowest BCUT2D eigenvalue weighted by atomic mass is 10.0. The lowest BCUT2D eigenvalue weighted by Gasteiger charge is -2.20. The number of aliphatic hydroxyl groups excluding tert-OH is 1. The van der Waals surface area contributed by atoms with Crippen LogP contribution in [0.4, 0.5) is 8.78 Å². The van der Waals surface area contributed by atoms with Gasteiger partial charge in [0.15, 0.2) is 17.4 Å². The first-order valence-corrected chi connectivity index (χ1v) is 7.09. The molecular formula is C17H17F2NO3. The van der Waals surface area contributed by atoms with Crippen molar-refractivity contribution >= 4 is 5.91 Å². The van der Waals surface area contributed by atoms with Crippen LogP contribution in [0.2, 0.25) is 0 Å². The highest BCUT2D eigenvalue weighted by molar-refractivity contribution is 5.94. The number of aromatic hydroxyl groups is 1. The number of hydrogen-bond donors (Lipinski definition) is 3. The number of rotatable bonds is 5. The van der Waals surface area contributed by atoms with Crippen molar-refractivity contribution in [3.05, 3.63) is 65.2 Å². The van der Waals surface area contributed by atoms with Crippen molar-refractivity contribution in [1.29, 1.82) is 0 Å². The van der Waals surface area contributed by atoms with E-state index in [-0.39, 0.29) is 5.56 Å². The topological polar surface area (TPSA) is 69.6 Å². The number of amides is 1. The molecule has 0 aliphatic rings. The maximum absolute atomic E-state index is 13.3. The third-order valence-electron chi connectivity index (χ3n) is 3.50. The maximum Gasteiger partial charge on any atom is 0.251 e. The molecule has 2 aromatic rings. The highest BCUT2D eigenvalue weighted by Crippen LogP contribution is 2.21. The van der Waals surface area contributed by atoms with Crippen LogP contribution in [-0.4, -0.2) is 28.3 Å². The molecule has 122 valence electrons. The van der Waals surface area contributed by atoms with E-state index in [1.165, 1.54) is 0 Å². The zero-order chi connectivity index (χ0) is 17.0. The molecule has 0 aromatic heterocycles. The highest BCUT2D eigenvalue weighted by Gasteiger charge is 2.20. The van der Waals surface area contributed by atoms with Gasteiger partial charge in [0.1, 0.15) is 0 Å². The lowest BCUT2D eigenvalue weighted by Crippen LogP contribution is -2.42. The van der Waals surface area contributed by atoms with Gasteiger partial charge in [-0.3, -0.25) is 4.79 Å². The van der Waals surface area contributed by atoms with Crippen molar-refractivity contribution in [3.8, 4) is 5.75 Å². The molecular weight excluding hydrogens is 304 g/mol. The molecule has 6 heteroatoms. The summed E-state index contributed by atoms with van der Waals surface area (Å²) >= 11 is 0. The van der Waals surface area contributed by atoms with Crippen LogP contribution in [0.5, 0.6) is 5.75 Å². The van der Waals surface area contributed by atoms with Gasteiger partial charge in [0.05, 0.1) is 12.1 Å². The standard InChI is InChI=1S/C17H17F2NO3/c1-10(15(21)7-11-5-3-2-4-6-11)20-17(23)12-8-13(18)16(22)14(19)9-12/h2-6,8-10,15,21-22H,7H2,1H3,(H,20,23). The second kappa shape index (κ2) is 7.19. The van der Waals surface area contributed by atoms with Crippen LogP contribution >= 0.6 is 0 Å². The molecule has 0 saturated carbocycles. The molecule has 3 N–H and O–H groups in total. The number of phenols is 1. The molecule has 1 amide bonds. The minimum absolute atomic E-state index is 0.267. The summed E-state index contributed by atoms with van der Waals surface area (Å²) in [5.41, 5.74) is 0.638. The molecule has 0 saturated heterocycles. The second-order valence-corrected chi connectivity index (χ2v) is 5.31. The van der Waals surface area contributed by atoms with Gasteiger partial charge in [0.25, 0.3) is 5.91 Å². The third-order valence-corrected chi connectivity index (χ3v) is 3.50. The number of hydrogen-bond acceptors (Lipinski definition) is 3. The number of aliphatic hydroxyl groups is 1. The number of carbonyl (C=O) groups excluding carboxylic acids is 1. The molecule has 0 heterocycles. The summed E-state index contributed by atoms with van der Waals surface area (Å²) in [5.74, 6) is -4.29. The molecule has 2 atom stereocenters. The number of phenolic OH excluding ortho intramolecular Hbond substituents is 1. The molecule has 0 fully saturated rings. The summed E-state index contributed by atoms with van der Waals surface area (Å²) in [5, 5.41) is 21.6. The number of halogens is 2. The first kappa shape index (κ1) is 16.9. The van der Waals surface area contributed by atoms with Gasteiger partial charge in [0.2, 0.25) is 0 Å². The Morgan fingerprint density at radius 3 is 2.30 bits per heavy atom. The van der Waals surface area contributed by atoms with Gasteiger partial charge in [-0.05, 0) is 24.6 Å². The van der Waals surface area contributed by atoms with E-state index in [9.17, 15) is 18.7 Å². The maximum atomic E-state index is 13.3. The van der Waals surface area contributed by atoms with E-state index < -0.39 is 35.4 Å². The van der Waals surface area contributed by atoms with Gasteiger partial charge in [-0.2, -0.15) is 0 Å². The Hall–Kier alpha value is -2.47. The normalized spacial score (nSPS) is 13.4. The van der Waals surface area contributed by atoms with E-state index in [1.807, 2.05) is 30.3 Å². The number of carbonyl (C=O) groups is 1. The Balaban J connectivity index is 2.02. The van der Waals surface area contributed by atoms with Crippen LogP contribution < -0.4 is 5.32 Å². The molecule has 0 spiro atoms. The molecule has 0 aliphatic carbocycles. The van der Waals surface area contributed by atoms with Crippen LogP contribution in [0.1, 0.15) is 22.8 Å². The summed E-state index contributed by atoms with van der Waals surface area (Å²) in [6.07, 6.45) is -0.520. The van der Waals surface area contributed by atoms with Gasteiger partial charge in [-0.15, -0.1) is 0 Å². The monoisotopic (exact) mass is 321 g/mol. The first-order valence-electron chi connectivity index (χ1n) is 7.09. The van der Waals surface area contributed by atoms with Crippen molar-refractivity contribution < 1.29 is 23.8 Å². The average Bonchev–Trinajstić information content (AvgIpc) is 2.52. The second-order valence-electron chi connectivity index (χ2n) is 5.31. The molecule has 2 unspecified atom stereocenters. The van der Waals surface area contributed by atoms with E-state index >= 15 is 0 Å². The Labute approximate surface area is 132 Å². The van der Waals surface area contributed by atoms with Gasteiger partial charge in [-0.1, -0.05) is 30.3 Å². The SMILES string of the molecule is CC(NC(=O)c1cc(F)c(O)c(F)c1)C(O)Cc1ccccc1. The Morgan fingerprint density at radius 2 is 1.74 bits per heavy atom. The van der Waals surface area contributed by atoms with E-state index in [0.29, 0.717) is 6.42 Å². The van der Waals surface area contributed by atoms with Gasteiger partial charge in [0, 0.05) is 12.0 Å². The minimum Gasteiger partial charge on any atom is -0.503 e. The van der Waals surface area contributed by atoms with E-state index in [0.717, 1.165) is 17.7 Å². The Bertz CT molecular complexity index is 668. The summed E-state index contributed by atoms with van der Waals surface area (Å²) in [4.78, 5) is 12.0. The fourth-order valence-electron chi connectivity index (χ4n) is 2.12. The summed E-state index contributed by atoms with van der Waals surface area (Å²) in [7, 11) is 0. The Morgan fingerprint density at radius 1 is 1.17 bits per heavy atom. The van der Waals surface area contributed by atoms with Crippen molar-refractivity contribution in [2.45, 2.75) is 25.5 Å². The zero-order valence-corrected chi connectivity index (χ0v) is 12.5. The van der Waals surface area contributed by atoms with Gasteiger partial charge < -0.3 is 15.5 Å². The molecule has 0 radical (unpaired) electrons. The highest BCUT2D eigenvalue weighted by atomic mass is 19.1. The van der Waals surface area contributed by atoms with Gasteiger partial charge >= 0.3 is 0 Å². The third kappa shape index (κ3) is 4.26. The van der Waals surface area contributed by atoms with E-state index in [4.69, 9.17) is 5.11 Å². The van der Waals surface area contributed by atoms with Crippen molar-refractivity contribution in [2.75, 3.05) is 0 Å². The largest absolute Gasteiger partial charge is 0.503 e. The smallest absolute Gasteiger partial charge is 0.251 e. The van der Waals surface area contributed by atoms with Crippen LogP contribution in [0.15, 0.2) is 42.5 Å². The Kier molecular flexibility index (Phi) is 5.28. The fraction of sp³-hybridized carbons (Fsp3) is 0.235. The zero-order valence-electron chi connectivity index (χ0n) is 12.5. The summed E-state index contributed by atoms with van der Waals surface area (Å²) in [6, 6.07) is 10.1. The minimum atomic E-state index is -1.22. The number of nitrogens with one attached hydrogen (secondary N) is 1. The molecule has 0 aliphatic heterocycles. The predicted molar refractivity (Wildman–Crippen MR) is 81.1 cm³/mol. The van der Waals surface area contributed by atoms with Crippen LogP contribution in [0, 0.1) is 11.6 Å². The van der Waals surface area contributed by atoms with E-state index in [2.05, 4.69) is 5.32 Å². The molecule has 2 rings (SSSR count). The van der Waals surface area contributed by atoms with Crippen LogP contribution in [0.3, 0.4) is 0 Å². The molecule has 2 aromatic carbocycles. The van der Waals surface area contributed by atoms with Crippen LogP contribution in [-0.2, 0) is 6.42 Å². The quantitative estimate of drug-likeness (QED) is 0.792. The molecule has 23 heavy (non-hydrogen) atoms. The predicted octanol–water partition coefficient (Wildman–Crippen LogP) is 2.39. The van der Waals surface area contributed by atoms with Crippen molar-refractivity contribution in [1.82, 2.24) is 5.32 Å². The van der Waals surface area contributed by atoms with E-state index in [1.54, 1.807) is 6.92 Å². The average molecular weight is 321 g/mol. The summed E-state index contributed by atoms with van der Waals surface area (Å²) < 4.78 is 26.5. The van der Waals surface area contributed by atoms with Gasteiger partial charge in [-0.25, -0.2) is 8.78 Å². The van der Waals surface area contributed by atoms with Crippen molar-refractivity contribution in [2.24, 2.45) is 0 Å². The van der Waals surface area contributed by atoms with Crippen LogP contribution in [0.25, 0.3) is 0 Å². The summed E-state index contributed by atoms with van der Waals surface area (Å²) in [6.45, 7) is 1.60. The molecule has 0 bridgehead atoms. The fourth-order valence-corrected chi connectivity index (χ4v) is 2.12. The lowest BCUT2D eigenvalue weighted by molar-refractivity contribution is 0.0851.